The zero-order valence-corrected chi connectivity index (χ0v) is 9.10. The van der Waals surface area contributed by atoms with Crippen LogP contribution < -0.4 is 5.32 Å². The molecule has 16 heavy (non-hydrogen) atoms. The number of rotatable bonds is 4. The van der Waals surface area contributed by atoms with Crippen molar-refractivity contribution in [2.75, 3.05) is 20.2 Å². The number of ether oxygens (including phenoxy) is 1. The quantitative estimate of drug-likeness (QED) is 0.612. The van der Waals surface area contributed by atoms with Crippen molar-refractivity contribution in [3.63, 3.8) is 0 Å². The first-order valence-electron chi connectivity index (χ1n) is 5.15. The lowest BCUT2D eigenvalue weighted by Crippen LogP contribution is -2.61. The van der Waals surface area contributed by atoms with Gasteiger partial charge in [-0.25, -0.2) is 0 Å². The molecule has 0 spiro atoms. The van der Waals surface area contributed by atoms with Crippen LogP contribution in [0.5, 0.6) is 0 Å². The van der Waals surface area contributed by atoms with Gasteiger partial charge in [0.15, 0.2) is 0 Å². The molecular weight excluding hydrogens is 208 g/mol. The molecule has 2 rings (SSSR count). The molecule has 1 heterocycles. The molecule has 0 saturated carbocycles. The van der Waals surface area contributed by atoms with Crippen LogP contribution in [0.1, 0.15) is 5.56 Å². The van der Waals surface area contributed by atoms with E-state index in [-0.39, 0.29) is 16.2 Å². The van der Waals surface area contributed by atoms with E-state index in [1.54, 1.807) is 19.2 Å². The van der Waals surface area contributed by atoms with Crippen LogP contribution in [-0.4, -0.2) is 30.7 Å². The van der Waals surface area contributed by atoms with Crippen LogP contribution in [0, 0.1) is 10.1 Å². The smallest absolute Gasteiger partial charge is 0.272 e. The third-order valence-electron chi connectivity index (χ3n) is 3.03. The number of methoxy groups -OCH3 is 1. The predicted molar refractivity (Wildman–Crippen MR) is 59.4 cm³/mol. The lowest BCUT2D eigenvalue weighted by Gasteiger charge is -2.41. The van der Waals surface area contributed by atoms with Crippen LogP contribution in [0.15, 0.2) is 24.3 Å². The van der Waals surface area contributed by atoms with E-state index in [4.69, 9.17) is 4.74 Å². The minimum atomic E-state index is -0.342. The molecule has 0 bridgehead atoms. The van der Waals surface area contributed by atoms with Crippen molar-refractivity contribution < 1.29 is 9.66 Å². The highest BCUT2D eigenvalue weighted by Gasteiger charge is 2.38. The van der Waals surface area contributed by atoms with Crippen molar-refractivity contribution in [2.45, 2.75) is 12.0 Å². The first-order chi connectivity index (χ1) is 7.67. The van der Waals surface area contributed by atoms with E-state index < -0.39 is 0 Å². The maximum atomic E-state index is 10.9. The number of hydrogen-bond acceptors (Lipinski definition) is 4. The Balaban J connectivity index is 2.23. The van der Waals surface area contributed by atoms with Crippen LogP contribution in [-0.2, 0) is 11.2 Å². The minimum Gasteiger partial charge on any atom is -0.375 e. The van der Waals surface area contributed by atoms with E-state index in [0.29, 0.717) is 6.42 Å². The minimum absolute atomic E-state index is 0.172. The van der Waals surface area contributed by atoms with E-state index >= 15 is 0 Å². The molecule has 0 amide bonds. The second kappa shape index (κ2) is 4.19. The van der Waals surface area contributed by atoms with Crippen molar-refractivity contribution in [1.82, 2.24) is 5.32 Å². The Morgan fingerprint density at radius 3 is 2.69 bits per heavy atom. The monoisotopic (exact) mass is 222 g/mol. The van der Waals surface area contributed by atoms with E-state index in [1.165, 1.54) is 6.07 Å². The molecule has 1 aromatic carbocycles. The van der Waals surface area contributed by atoms with Crippen molar-refractivity contribution >= 4 is 5.69 Å². The molecule has 86 valence electrons. The summed E-state index contributed by atoms with van der Waals surface area (Å²) in [5.41, 5.74) is 0.633. The summed E-state index contributed by atoms with van der Waals surface area (Å²) in [6, 6.07) is 6.82. The number of nitro groups is 1. The first-order valence-corrected chi connectivity index (χ1v) is 5.15. The van der Waals surface area contributed by atoms with E-state index in [2.05, 4.69) is 5.32 Å². The van der Waals surface area contributed by atoms with Gasteiger partial charge >= 0.3 is 0 Å². The molecule has 5 heteroatoms. The summed E-state index contributed by atoms with van der Waals surface area (Å²) in [6.07, 6.45) is 0.577. The maximum absolute atomic E-state index is 10.9. The fourth-order valence-corrected chi connectivity index (χ4v) is 1.93. The van der Waals surface area contributed by atoms with E-state index in [9.17, 15) is 10.1 Å². The van der Waals surface area contributed by atoms with Crippen molar-refractivity contribution in [2.24, 2.45) is 0 Å². The highest BCUT2D eigenvalue weighted by molar-refractivity contribution is 5.41. The zero-order chi connectivity index (χ0) is 11.6. The van der Waals surface area contributed by atoms with Gasteiger partial charge in [-0.3, -0.25) is 10.1 Å². The first kappa shape index (κ1) is 11.0. The molecule has 0 aliphatic carbocycles. The maximum Gasteiger partial charge on any atom is 0.272 e. The van der Waals surface area contributed by atoms with Gasteiger partial charge < -0.3 is 10.1 Å². The predicted octanol–water partition coefficient (Wildman–Crippen LogP) is 1.13. The summed E-state index contributed by atoms with van der Waals surface area (Å²) in [4.78, 5) is 10.5. The lowest BCUT2D eigenvalue weighted by atomic mass is 9.88. The Kier molecular flexibility index (Phi) is 2.89. The molecule has 1 fully saturated rings. The van der Waals surface area contributed by atoms with Gasteiger partial charge in [-0.1, -0.05) is 18.2 Å². The van der Waals surface area contributed by atoms with Crippen LogP contribution >= 0.6 is 0 Å². The lowest BCUT2D eigenvalue weighted by molar-refractivity contribution is -0.385. The summed E-state index contributed by atoms with van der Waals surface area (Å²) in [7, 11) is 1.65. The van der Waals surface area contributed by atoms with Gasteiger partial charge in [0, 0.05) is 38.2 Å². The normalized spacial score (nSPS) is 17.8. The second-order valence-corrected chi connectivity index (χ2v) is 4.05. The van der Waals surface area contributed by atoms with Gasteiger partial charge in [0.1, 0.15) is 0 Å². The Morgan fingerprint density at radius 1 is 1.50 bits per heavy atom. The van der Waals surface area contributed by atoms with Gasteiger partial charge in [-0.2, -0.15) is 0 Å². The highest BCUT2D eigenvalue weighted by atomic mass is 16.6. The molecule has 1 aliphatic heterocycles. The number of nitrogens with zero attached hydrogens (tertiary/aromatic N) is 1. The molecule has 1 saturated heterocycles. The molecule has 0 radical (unpaired) electrons. The fourth-order valence-electron chi connectivity index (χ4n) is 1.93. The van der Waals surface area contributed by atoms with Crippen molar-refractivity contribution in [3.05, 3.63) is 39.9 Å². The molecule has 0 aromatic heterocycles. The van der Waals surface area contributed by atoms with Gasteiger partial charge in [-0.05, 0) is 0 Å². The van der Waals surface area contributed by atoms with Crippen LogP contribution in [0.25, 0.3) is 0 Å². The highest BCUT2D eigenvalue weighted by Crippen LogP contribution is 2.27. The summed E-state index contributed by atoms with van der Waals surface area (Å²) in [6.45, 7) is 1.49. The number of benzene rings is 1. The van der Waals surface area contributed by atoms with Crippen LogP contribution in [0.3, 0.4) is 0 Å². The average Bonchev–Trinajstić information content (AvgIpc) is 2.24. The zero-order valence-electron chi connectivity index (χ0n) is 9.10. The summed E-state index contributed by atoms with van der Waals surface area (Å²) in [5.74, 6) is 0. The van der Waals surface area contributed by atoms with Gasteiger partial charge in [-0.15, -0.1) is 0 Å². The average molecular weight is 222 g/mol. The molecule has 1 aliphatic rings. The fraction of sp³-hybridized carbons (Fsp3) is 0.455. The Hall–Kier alpha value is -1.46. The standard InChI is InChI=1S/C11H14N2O3/c1-16-11(7-12-8-11)6-9-4-2-3-5-10(9)13(14)15/h2-5,12H,6-8H2,1H3. The molecular formula is C11H14N2O3. The Labute approximate surface area is 93.6 Å². The molecule has 1 N–H and O–H groups in total. The topological polar surface area (TPSA) is 64.4 Å². The largest absolute Gasteiger partial charge is 0.375 e. The molecule has 1 aromatic rings. The van der Waals surface area contributed by atoms with Gasteiger partial charge in [0.2, 0.25) is 0 Å². The SMILES string of the molecule is COC1(Cc2ccccc2[N+](=O)[O-])CNC1. The summed E-state index contributed by atoms with van der Waals surface area (Å²) < 4.78 is 5.43. The molecule has 5 nitrogen and oxygen atoms in total. The number of hydrogen-bond donors (Lipinski definition) is 1. The van der Waals surface area contributed by atoms with Gasteiger partial charge in [0.25, 0.3) is 5.69 Å². The number of nitro benzene ring substituents is 1. The van der Waals surface area contributed by atoms with E-state index in [0.717, 1.165) is 18.7 Å². The van der Waals surface area contributed by atoms with Crippen LogP contribution in [0.4, 0.5) is 5.69 Å². The molecule has 0 unspecified atom stereocenters. The van der Waals surface area contributed by atoms with E-state index in [1.807, 2.05) is 6.07 Å². The number of para-hydroxylation sites is 1. The Morgan fingerprint density at radius 2 is 2.19 bits per heavy atom. The third kappa shape index (κ3) is 1.91. The third-order valence-corrected chi connectivity index (χ3v) is 3.03. The number of nitrogens with one attached hydrogen (secondary N) is 1. The summed E-state index contributed by atoms with van der Waals surface area (Å²) in [5, 5.41) is 14.0. The van der Waals surface area contributed by atoms with Crippen LogP contribution in [0.2, 0.25) is 0 Å². The second-order valence-electron chi connectivity index (χ2n) is 4.05. The van der Waals surface area contributed by atoms with Crippen molar-refractivity contribution in [3.8, 4) is 0 Å². The molecule has 0 atom stereocenters. The van der Waals surface area contributed by atoms with Crippen molar-refractivity contribution in [1.29, 1.82) is 0 Å². The Bertz CT molecular complexity index is 396. The van der Waals surface area contributed by atoms with Gasteiger partial charge in [0.05, 0.1) is 10.5 Å². The summed E-state index contributed by atoms with van der Waals surface area (Å²) >= 11 is 0.